The molecule has 0 fully saturated rings. The third-order valence-electron chi connectivity index (χ3n) is 3.07. The van der Waals surface area contributed by atoms with Gasteiger partial charge in [0.1, 0.15) is 0 Å². The molecule has 0 saturated heterocycles. The smallest absolute Gasteiger partial charge is 0.221 e. The van der Waals surface area contributed by atoms with Crippen LogP contribution in [0.15, 0.2) is 46.9 Å². The summed E-state index contributed by atoms with van der Waals surface area (Å²) in [7, 11) is 0. The van der Waals surface area contributed by atoms with Crippen molar-refractivity contribution in [3.8, 4) is 0 Å². The number of carbonyl (C=O) groups is 1. The highest BCUT2D eigenvalue weighted by atomic mass is 79.9. The third-order valence-corrected chi connectivity index (χ3v) is 3.92. The van der Waals surface area contributed by atoms with E-state index >= 15 is 0 Å². The van der Waals surface area contributed by atoms with Crippen molar-refractivity contribution in [2.24, 2.45) is 5.73 Å². The van der Waals surface area contributed by atoms with Crippen LogP contribution in [0.25, 0.3) is 0 Å². The van der Waals surface area contributed by atoms with Gasteiger partial charge in [-0.1, -0.05) is 40.2 Å². The van der Waals surface area contributed by atoms with Gasteiger partial charge in [-0.05, 0) is 41.8 Å². The summed E-state index contributed by atoms with van der Waals surface area (Å²) >= 11 is 3.53. The predicted molar refractivity (Wildman–Crippen MR) is 85.5 cm³/mol. The lowest BCUT2D eigenvalue weighted by Crippen LogP contribution is -2.13. The summed E-state index contributed by atoms with van der Waals surface area (Å²) in [5, 5.41) is 3.35. The molecule has 0 atom stereocenters. The summed E-state index contributed by atoms with van der Waals surface area (Å²) in [5.41, 5.74) is 9.56. The molecule has 0 saturated carbocycles. The van der Waals surface area contributed by atoms with Crippen LogP contribution in [-0.4, -0.2) is 5.91 Å². The SMILES string of the molecule is Cc1ccc(CNc2ccc(CC(N)=O)cc2)cc1Br. The van der Waals surface area contributed by atoms with E-state index in [1.165, 1.54) is 11.1 Å². The van der Waals surface area contributed by atoms with E-state index in [1.54, 1.807) is 0 Å². The zero-order valence-corrected chi connectivity index (χ0v) is 12.9. The number of nitrogens with two attached hydrogens (primary N) is 1. The van der Waals surface area contributed by atoms with Gasteiger partial charge in [-0.2, -0.15) is 0 Å². The fourth-order valence-corrected chi connectivity index (χ4v) is 2.32. The summed E-state index contributed by atoms with van der Waals surface area (Å²) in [6.07, 6.45) is 0.283. The van der Waals surface area contributed by atoms with E-state index in [4.69, 9.17) is 5.73 Å². The number of hydrogen-bond donors (Lipinski definition) is 2. The first-order valence-electron chi connectivity index (χ1n) is 6.41. The molecule has 20 heavy (non-hydrogen) atoms. The Bertz CT molecular complexity index is 608. The van der Waals surface area contributed by atoms with E-state index in [0.717, 1.165) is 22.3 Å². The van der Waals surface area contributed by atoms with E-state index in [9.17, 15) is 4.79 Å². The second-order valence-corrected chi connectivity index (χ2v) is 5.63. The number of anilines is 1. The normalized spacial score (nSPS) is 10.3. The molecule has 0 heterocycles. The van der Waals surface area contributed by atoms with Crippen LogP contribution in [0.3, 0.4) is 0 Å². The number of amides is 1. The lowest BCUT2D eigenvalue weighted by molar-refractivity contribution is -0.117. The van der Waals surface area contributed by atoms with Gasteiger partial charge in [0.25, 0.3) is 0 Å². The lowest BCUT2D eigenvalue weighted by atomic mass is 10.1. The molecule has 2 aromatic carbocycles. The minimum absolute atomic E-state index is 0.283. The van der Waals surface area contributed by atoms with Crippen molar-refractivity contribution >= 4 is 27.5 Å². The van der Waals surface area contributed by atoms with Crippen LogP contribution in [0.2, 0.25) is 0 Å². The average molecular weight is 333 g/mol. The molecule has 0 radical (unpaired) electrons. The van der Waals surface area contributed by atoms with Crippen LogP contribution in [0.4, 0.5) is 5.69 Å². The maximum atomic E-state index is 10.8. The van der Waals surface area contributed by atoms with Gasteiger partial charge in [-0.25, -0.2) is 0 Å². The first-order chi connectivity index (χ1) is 9.54. The highest BCUT2D eigenvalue weighted by Crippen LogP contribution is 2.18. The molecule has 0 bridgehead atoms. The molecule has 104 valence electrons. The zero-order chi connectivity index (χ0) is 14.5. The van der Waals surface area contributed by atoms with Crippen LogP contribution >= 0.6 is 15.9 Å². The van der Waals surface area contributed by atoms with E-state index in [0.29, 0.717) is 0 Å². The Morgan fingerprint density at radius 1 is 1.15 bits per heavy atom. The van der Waals surface area contributed by atoms with Crippen LogP contribution in [0.5, 0.6) is 0 Å². The predicted octanol–water partition coefficient (Wildman–Crippen LogP) is 3.40. The van der Waals surface area contributed by atoms with E-state index < -0.39 is 0 Å². The van der Waals surface area contributed by atoms with Gasteiger partial charge in [0, 0.05) is 16.7 Å². The first-order valence-corrected chi connectivity index (χ1v) is 7.20. The van der Waals surface area contributed by atoms with E-state index in [1.807, 2.05) is 24.3 Å². The highest BCUT2D eigenvalue weighted by Gasteiger charge is 2.00. The molecule has 0 aliphatic heterocycles. The molecule has 0 unspecified atom stereocenters. The summed E-state index contributed by atoms with van der Waals surface area (Å²) in [6, 6.07) is 14.1. The number of nitrogens with one attached hydrogen (secondary N) is 1. The van der Waals surface area contributed by atoms with Crippen LogP contribution in [0.1, 0.15) is 16.7 Å². The average Bonchev–Trinajstić information content (AvgIpc) is 2.41. The molecule has 0 aliphatic carbocycles. The first kappa shape index (κ1) is 14.6. The van der Waals surface area contributed by atoms with Gasteiger partial charge >= 0.3 is 0 Å². The molecular formula is C16H17BrN2O. The number of hydrogen-bond acceptors (Lipinski definition) is 2. The van der Waals surface area contributed by atoms with Crippen molar-refractivity contribution in [1.29, 1.82) is 0 Å². The highest BCUT2D eigenvalue weighted by molar-refractivity contribution is 9.10. The molecule has 4 heteroatoms. The van der Waals surface area contributed by atoms with Crippen molar-refractivity contribution in [1.82, 2.24) is 0 Å². The molecule has 3 N–H and O–H groups in total. The fourth-order valence-electron chi connectivity index (χ4n) is 1.89. The molecule has 0 aromatic heterocycles. The van der Waals surface area contributed by atoms with Gasteiger partial charge in [-0.15, -0.1) is 0 Å². The Morgan fingerprint density at radius 3 is 2.40 bits per heavy atom. The molecule has 2 aromatic rings. The molecule has 0 spiro atoms. The van der Waals surface area contributed by atoms with E-state index in [-0.39, 0.29) is 12.3 Å². The lowest BCUT2D eigenvalue weighted by Gasteiger charge is -2.08. The molecule has 3 nitrogen and oxygen atoms in total. The second-order valence-electron chi connectivity index (χ2n) is 4.78. The number of carbonyl (C=O) groups excluding carboxylic acids is 1. The fraction of sp³-hybridized carbons (Fsp3) is 0.188. The van der Waals surface area contributed by atoms with Crippen molar-refractivity contribution < 1.29 is 4.79 Å². The topological polar surface area (TPSA) is 55.1 Å². The Hall–Kier alpha value is -1.81. The largest absolute Gasteiger partial charge is 0.381 e. The van der Waals surface area contributed by atoms with Crippen molar-refractivity contribution in [2.45, 2.75) is 19.9 Å². The van der Waals surface area contributed by atoms with Gasteiger partial charge < -0.3 is 11.1 Å². The Kier molecular flexibility index (Phi) is 4.79. The molecular weight excluding hydrogens is 316 g/mol. The minimum atomic E-state index is -0.310. The van der Waals surface area contributed by atoms with Gasteiger partial charge in [-0.3, -0.25) is 4.79 Å². The molecule has 0 aliphatic rings. The van der Waals surface area contributed by atoms with Crippen molar-refractivity contribution in [3.05, 3.63) is 63.6 Å². The second kappa shape index (κ2) is 6.57. The quantitative estimate of drug-likeness (QED) is 0.881. The minimum Gasteiger partial charge on any atom is -0.381 e. The van der Waals surface area contributed by atoms with Crippen LogP contribution in [0, 0.1) is 6.92 Å². The standard InChI is InChI=1S/C16H17BrN2O/c1-11-2-3-13(8-15(11)17)10-19-14-6-4-12(5-7-14)9-16(18)20/h2-8,19H,9-10H2,1H3,(H2,18,20). The summed E-state index contributed by atoms with van der Waals surface area (Å²) in [6.45, 7) is 2.83. The third kappa shape index (κ3) is 4.10. The van der Waals surface area contributed by atoms with Gasteiger partial charge in [0.2, 0.25) is 5.91 Å². The van der Waals surface area contributed by atoms with Crippen molar-refractivity contribution in [3.63, 3.8) is 0 Å². The number of aryl methyl sites for hydroxylation is 1. The monoisotopic (exact) mass is 332 g/mol. The van der Waals surface area contributed by atoms with Crippen molar-refractivity contribution in [2.75, 3.05) is 5.32 Å². The van der Waals surface area contributed by atoms with Gasteiger partial charge in [0.05, 0.1) is 6.42 Å². The summed E-state index contributed by atoms with van der Waals surface area (Å²) in [5.74, 6) is -0.310. The number of rotatable bonds is 5. The Labute approximate surface area is 127 Å². The zero-order valence-electron chi connectivity index (χ0n) is 11.3. The molecule has 1 amide bonds. The number of halogens is 1. The maximum Gasteiger partial charge on any atom is 0.221 e. The van der Waals surface area contributed by atoms with Gasteiger partial charge in [0.15, 0.2) is 0 Å². The number of benzene rings is 2. The summed E-state index contributed by atoms with van der Waals surface area (Å²) in [4.78, 5) is 10.8. The van der Waals surface area contributed by atoms with E-state index in [2.05, 4.69) is 46.4 Å². The Balaban J connectivity index is 1.96. The van der Waals surface area contributed by atoms with Crippen LogP contribution in [-0.2, 0) is 17.8 Å². The maximum absolute atomic E-state index is 10.8. The molecule has 2 rings (SSSR count). The van der Waals surface area contributed by atoms with Crippen LogP contribution < -0.4 is 11.1 Å². The number of primary amides is 1. The Morgan fingerprint density at radius 2 is 1.80 bits per heavy atom. The summed E-state index contributed by atoms with van der Waals surface area (Å²) < 4.78 is 1.12.